The highest BCUT2D eigenvalue weighted by Gasteiger charge is 2.46. The van der Waals surface area contributed by atoms with Crippen LogP contribution in [0.25, 0.3) is 0 Å². The fourth-order valence-electron chi connectivity index (χ4n) is 2.24. The number of rotatable bonds is 7. The molecular weight excluding hydrogens is 363 g/mol. The zero-order valence-corrected chi connectivity index (χ0v) is 12.7. The Morgan fingerprint density at radius 2 is 1.77 bits per heavy atom. The highest BCUT2D eigenvalue weighted by Crippen LogP contribution is 2.30. The smallest absolute Gasteiger partial charge is 0.343 e. The number of carbonyl (C=O) groups is 2. The van der Waals surface area contributed by atoms with Crippen LogP contribution in [-0.4, -0.2) is 56.7 Å². The number of ether oxygens (including phenoxy) is 2. The van der Waals surface area contributed by atoms with Crippen molar-refractivity contribution in [2.45, 2.75) is 24.9 Å². The van der Waals surface area contributed by atoms with Crippen LogP contribution in [-0.2, 0) is 25.7 Å². The van der Waals surface area contributed by atoms with Gasteiger partial charge in [0.1, 0.15) is 17.5 Å². The third-order valence-electron chi connectivity index (χ3n) is 3.46. The number of benzene rings is 1. The molecule has 2 N–H and O–H groups in total. The largest absolute Gasteiger partial charge is 0.449 e. The van der Waals surface area contributed by atoms with Crippen molar-refractivity contribution in [3.8, 4) is 0 Å². The minimum absolute atomic E-state index is 0.473. The van der Waals surface area contributed by atoms with Crippen LogP contribution in [0, 0.1) is 26.0 Å². The maximum atomic E-state index is 13.3. The third-order valence-corrected chi connectivity index (χ3v) is 3.46. The summed E-state index contributed by atoms with van der Waals surface area (Å²) in [5.74, 6) is -3.53. The van der Waals surface area contributed by atoms with Gasteiger partial charge < -0.3 is 19.7 Å². The molecule has 3 atom stereocenters. The number of hydrogen-bond donors (Lipinski definition) is 2. The lowest BCUT2D eigenvalue weighted by molar-refractivity contribution is -0.396. The van der Waals surface area contributed by atoms with Gasteiger partial charge in [-0.25, -0.2) is 9.18 Å². The maximum absolute atomic E-state index is 13.3. The normalized spacial score (nSPS) is 20.7. The van der Waals surface area contributed by atoms with Crippen LogP contribution in [0.4, 0.5) is 15.8 Å². The van der Waals surface area contributed by atoms with E-state index in [-0.39, 0.29) is 0 Å². The first-order chi connectivity index (χ1) is 12.1. The first-order valence-corrected chi connectivity index (χ1v) is 6.92. The number of halogens is 1. The zero-order valence-electron chi connectivity index (χ0n) is 12.7. The summed E-state index contributed by atoms with van der Waals surface area (Å²) in [6.07, 6.45) is -5.45. The van der Waals surface area contributed by atoms with Crippen LogP contribution in [0.5, 0.6) is 0 Å². The monoisotopic (exact) mass is 374 g/mol. The number of nitro groups is 2. The van der Waals surface area contributed by atoms with Crippen molar-refractivity contribution in [2.75, 3.05) is 6.61 Å². The van der Waals surface area contributed by atoms with Crippen molar-refractivity contribution in [2.24, 2.45) is 0 Å². The van der Waals surface area contributed by atoms with Crippen molar-refractivity contribution in [3.63, 3.8) is 0 Å². The van der Waals surface area contributed by atoms with E-state index in [2.05, 4.69) is 4.74 Å². The summed E-state index contributed by atoms with van der Waals surface area (Å²) >= 11 is 0. The Kier molecular flexibility index (Phi) is 5.54. The van der Waals surface area contributed by atoms with E-state index in [1.54, 1.807) is 0 Å². The molecule has 1 saturated heterocycles. The van der Waals surface area contributed by atoms with Gasteiger partial charge in [-0.15, -0.1) is 0 Å². The molecule has 0 amide bonds. The summed E-state index contributed by atoms with van der Waals surface area (Å²) in [7, 11) is 0. The summed E-state index contributed by atoms with van der Waals surface area (Å²) < 4.78 is 22.7. The van der Waals surface area contributed by atoms with Crippen molar-refractivity contribution in [1.29, 1.82) is 0 Å². The van der Waals surface area contributed by atoms with Crippen molar-refractivity contribution < 1.29 is 43.5 Å². The summed E-state index contributed by atoms with van der Waals surface area (Å²) in [5.41, 5.74) is -2.35. The van der Waals surface area contributed by atoms with E-state index in [0.29, 0.717) is 12.1 Å². The van der Waals surface area contributed by atoms with Gasteiger partial charge in [0.25, 0.3) is 11.4 Å². The molecule has 0 saturated carbocycles. The molecule has 1 heterocycles. The Morgan fingerprint density at radius 1 is 1.23 bits per heavy atom. The average Bonchev–Trinajstić information content (AvgIpc) is 2.82. The molecule has 1 aliphatic heterocycles. The summed E-state index contributed by atoms with van der Waals surface area (Å²) in [4.78, 5) is 42.3. The van der Waals surface area contributed by atoms with Gasteiger partial charge in [0.05, 0.1) is 35.2 Å². The fraction of sp³-hybridized carbons (Fsp3) is 0.385. The predicted octanol–water partition coefficient (Wildman–Crippen LogP) is -0.625. The van der Waals surface area contributed by atoms with Crippen LogP contribution in [0.2, 0.25) is 0 Å². The third kappa shape index (κ3) is 3.79. The molecule has 0 spiro atoms. The standard InChI is InChI=1S/C13H11FN2O10/c14-5-1-7(15(21)22)6(8(2-5)16(23)24)3-25-4-9(17)12-10(18)11(19)13(20)26-12/h1-2,9,11-12,17,19H,3-4H2. The van der Waals surface area contributed by atoms with E-state index >= 15 is 0 Å². The van der Waals surface area contributed by atoms with Gasteiger partial charge in [0.15, 0.2) is 6.10 Å². The number of cyclic esters (lactones) is 1. The lowest BCUT2D eigenvalue weighted by atomic mass is 10.1. The number of esters is 1. The number of aliphatic hydroxyl groups is 2. The number of Topliss-reactive ketones (excluding diaryl/α,β-unsaturated/α-hetero) is 1. The van der Waals surface area contributed by atoms with Gasteiger partial charge >= 0.3 is 5.97 Å². The Labute approximate surface area is 143 Å². The molecule has 0 radical (unpaired) electrons. The second-order valence-electron chi connectivity index (χ2n) is 5.18. The highest BCUT2D eigenvalue weighted by atomic mass is 19.1. The van der Waals surface area contributed by atoms with E-state index < -0.39 is 75.9 Å². The maximum Gasteiger partial charge on any atom is 0.343 e. The van der Waals surface area contributed by atoms with Crippen LogP contribution in [0.1, 0.15) is 5.56 Å². The molecule has 3 unspecified atom stereocenters. The lowest BCUT2D eigenvalue weighted by Gasteiger charge is -2.15. The topological polar surface area (TPSA) is 179 Å². The SMILES string of the molecule is O=C1OC(C(O)COCc2c([N+](=O)[O-])cc(F)cc2[N+](=O)[O-])C(=O)C1O. The Balaban J connectivity index is 2.12. The molecule has 0 aromatic heterocycles. The number of aliphatic hydroxyl groups excluding tert-OH is 2. The average molecular weight is 374 g/mol. The molecular formula is C13H11FN2O10. The number of carbonyl (C=O) groups excluding carboxylic acids is 2. The van der Waals surface area contributed by atoms with E-state index in [1.807, 2.05) is 0 Å². The Morgan fingerprint density at radius 3 is 2.19 bits per heavy atom. The Bertz CT molecular complexity index is 747. The molecule has 1 aliphatic rings. The number of nitrogens with zero attached hydrogens (tertiary/aromatic N) is 2. The van der Waals surface area contributed by atoms with Crippen LogP contribution >= 0.6 is 0 Å². The van der Waals surface area contributed by atoms with Crippen LogP contribution < -0.4 is 0 Å². The minimum atomic E-state index is -2.03. The molecule has 1 aromatic carbocycles. The van der Waals surface area contributed by atoms with Crippen LogP contribution in [0.15, 0.2) is 12.1 Å². The van der Waals surface area contributed by atoms with Gasteiger partial charge in [-0.1, -0.05) is 0 Å². The van der Waals surface area contributed by atoms with Crippen molar-refractivity contribution in [1.82, 2.24) is 0 Å². The summed E-state index contributed by atoms with van der Waals surface area (Å²) in [6, 6.07) is 0.946. The summed E-state index contributed by atoms with van der Waals surface area (Å²) in [5, 5.41) is 40.8. The van der Waals surface area contributed by atoms with Crippen LogP contribution in [0.3, 0.4) is 0 Å². The predicted molar refractivity (Wildman–Crippen MR) is 76.3 cm³/mol. The second-order valence-corrected chi connectivity index (χ2v) is 5.18. The van der Waals surface area contributed by atoms with Gasteiger partial charge in [-0.05, 0) is 0 Å². The molecule has 26 heavy (non-hydrogen) atoms. The van der Waals surface area contributed by atoms with E-state index in [0.717, 1.165) is 0 Å². The number of ketones is 1. The van der Waals surface area contributed by atoms with Crippen molar-refractivity contribution in [3.05, 3.63) is 43.7 Å². The Hall–Kier alpha value is -3.03. The second kappa shape index (κ2) is 7.47. The van der Waals surface area contributed by atoms with Gasteiger partial charge in [-0.3, -0.25) is 25.0 Å². The molecule has 0 bridgehead atoms. The summed E-state index contributed by atoms with van der Waals surface area (Å²) in [6.45, 7) is -1.47. The zero-order chi connectivity index (χ0) is 19.6. The molecule has 1 fully saturated rings. The highest BCUT2D eigenvalue weighted by molar-refractivity contribution is 6.09. The van der Waals surface area contributed by atoms with E-state index in [9.17, 15) is 39.3 Å². The van der Waals surface area contributed by atoms with Gasteiger partial charge in [0, 0.05) is 0 Å². The number of nitro benzene ring substituents is 2. The molecule has 140 valence electrons. The quantitative estimate of drug-likeness (QED) is 0.270. The lowest BCUT2D eigenvalue weighted by Crippen LogP contribution is -2.37. The first kappa shape index (κ1) is 19.3. The van der Waals surface area contributed by atoms with Crippen molar-refractivity contribution >= 4 is 23.1 Å². The van der Waals surface area contributed by atoms with Gasteiger partial charge in [-0.2, -0.15) is 0 Å². The van der Waals surface area contributed by atoms with Gasteiger partial charge in [0.2, 0.25) is 11.9 Å². The molecule has 1 aromatic rings. The molecule has 13 heteroatoms. The molecule has 12 nitrogen and oxygen atoms in total. The number of hydrogen-bond acceptors (Lipinski definition) is 10. The van der Waals surface area contributed by atoms with E-state index in [4.69, 9.17) is 9.84 Å². The van der Waals surface area contributed by atoms with E-state index in [1.165, 1.54) is 0 Å². The minimum Gasteiger partial charge on any atom is -0.449 e. The first-order valence-electron chi connectivity index (χ1n) is 6.92. The molecule has 2 rings (SSSR count). The molecule has 0 aliphatic carbocycles. The fourth-order valence-corrected chi connectivity index (χ4v) is 2.24.